The van der Waals surface area contributed by atoms with E-state index in [-0.39, 0.29) is 12.1 Å². The number of benzene rings is 2. The van der Waals surface area contributed by atoms with E-state index in [2.05, 4.69) is 10.6 Å². The summed E-state index contributed by atoms with van der Waals surface area (Å²) in [5, 5.41) is 4.97. The molecule has 3 nitrogen and oxygen atoms in total. The van der Waals surface area contributed by atoms with E-state index in [0.29, 0.717) is 11.8 Å². The van der Waals surface area contributed by atoms with Crippen molar-refractivity contribution in [2.75, 3.05) is 5.32 Å². The minimum absolute atomic E-state index is 0.0283. The maximum atomic E-state index is 13.7. The number of hydrogen-bond acceptors (Lipinski definition) is 1. The average Bonchev–Trinajstić information content (AvgIpc) is 2.53. The van der Waals surface area contributed by atoms with Crippen molar-refractivity contribution in [3.63, 3.8) is 0 Å². The van der Waals surface area contributed by atoms with Crippen LogP contribution < -0.4 is 10.6 Å². The largest absolute Gasteiger partial charge is 0.416 e. The number of amides is 2. The molecule has 24 heavy (non-hydrogen) atoms. The van der Waals surface area contributed by atoms with Gasteiger partial charge in [-0.25, -0.2) is 9.18 Å². The van der Waals surface area contributed by atoms with E-state index in [1.165, 1.54) is 0 Å². The van der Waals surface area contributed by atoms with Gasteiger partial charge in [-0.1, -0.05) is 25.1 Å². The first-order chi connectivity index (χ1) is 11.3. The first-order valence-electron chi connectivity index (χ1n) is 7.29. The minimum Gasteiger partial charge on any atom is -0.334 e. The number of carbonyl (C=O) groups is 1. The number of alkyl halides is 3. The second-order valence-electron chi connectivity index (χ2n) is 5.16. The van der Waals surface area contributed by atoms with Crippen molar-refractivity contribution < 1.29 is 22.4 Å². The lowest BCUT2D eigenvalue weighted by molar-refractivity contribution is -0.137. The highest BCUT2D eigenvalue weighted by Gasteiger charge is 2.31. The van der Waals surface area contributed by atoms with E-state index in [4.69, 9.17) is 0 Å². The van der Waals surface area contributed by atoms with Crippen LogP contribution in [0, 0.1) is 5.82 Å². The van der Waals surface area contributed by atoms with Gasteiger partial charge in [-0.05, 0) is 36.2 Å². The third-order valence-electron chi connectivity index (χ3n) is 3.44. The Labute approximate surface area is 136 Å². The predicted octanol–water partition coefficient (Wildman–Crippen LogP) is 4.73. The Morgan fingerprint density at radius 1 is 1.08 bits per heavy atom. The molecular weight excluding hydrogens is 324 g/mol. The van der Waals surface area contributed by atoms with Crippen LogP contribution in [-0.2, 0) is 19.1 Å². The van der Waals surface area contributed by atoms with Crippen molar-refractivity contribution in [2.24, 2.45) is 0 Å². The van der Waals surface area contributed by atoms with Gasteiger partial charge in [0.25, 0.3) is 0 Å². The third-order valence-corrected chi connectivity index (χ3v) is 3.44. The van der Waals surface area contributed by atoms with Crippen LogP contribution in [0.4, 0.5) is 28.0 Å². The fraction of sp³-hybridized carbons (Fsp3) is 0.235. The standard InChI is InChI=1S/C17H16F4N2O/c1-2-11-3-7-14(8-4-11)23-16(24)22-10-12-5-6-13(9-15(12)18)17(19,20)21/h3-9H,2,10H2,1H3,(H2,22,23,24). The second-order valence-corrected chi connectivity index (χ2v) is 5.16. The van der Waals surface area contributed by atoms with Crippen molar-refractivity contribution in [1.82, 2.24) is 5.32 Å². The zero-order valence-corrected chi connectivity index (χ0v) is 12.9. The Morgan fingerprint density at radius 2 is 1.75 bits per heavy atom. The summed E-state index contributed by atoms with van der Waals surface area (Å²) in [6.07, 6.45) is -3.73. The number of anilines is 1. The molecule has 128 valence electrons. The lowest BCUT2D eigenvalue weighted by Crippen LogP contribution is -2.28. The number of carbonyl (C=O) groups excluding carboxylic acids is 1. The Bertz CT molecular complexity index is 712. The van der Waals surface area contributed by atoms with E-state index in [1.807, 2.05) is 19.1 Å². The molecule has 2 N–H and O–H groups in total. The number of aryl methyl sites for hydroxylation is 1. The maximum Gasteiger partial charge on any atom is 0.416 e. The number of urea groups is 1. The van der Waals surface area contributed by atoms with Gasteiger partial charge < -0.3 is 10.6 Å². The Kier molecular flexibility index (Phi) is 5.43. The topological polar surface area (TPSA) is 41.1 Å². The molecule has 0 bridgehead atoms. The minimum atomic E-state index is -4.60. The predicted molar refractivity (Wildman–Crippen MR) is 83.1 cm³/mol. The van der Waals surface area contributed by atoms with Crippen molar-refractivity contribution >= 4 is 11.7 Å². The molecule has 0 heterocycles. The summed E-state index contributed by atoms with van der Waals surface area (Å²) in [5.74, 6) is -1.02. The highest BCUT2D eigenvalue weighted by atomic mass is 19.4. The SMILES string of the molecule is CCc1ccc(NC(=O)NCc2ccc(C(F)(F)F)cc2F)cc1. The summed E-state index contributed by atoms with van der Waals surface area (Å²) in [6.45, 7) is 1.79. The molecule has 0 saturated carbocycles. The van der Waals surface area contributed by atoms with Crippen LogP contribution in [0.15, 0.2) is 42.5 Å². The molecular formula is C17H16F4N2O. The molecule has 0 unspecified atom stereocenters. The highest BCUT2D eigenvalue weighted by molar-refractivity contribution is 5.89. The van der Waals surface area contributed by atoms with Gasteiger partial charge in [-0.3, -0.25) is 0 Å². The Balaban J connectivity index is 1.93. The summed E-state index contributed by atoms with van der Waals surface area (Å²) in [6, 6.07) is 8.83. The van der Waals surface area contributed by atoms with Crippen molar-refractivity contribution in [3.05, 3.63) is 65.0 Å². The van der Waals surface area contributed by atoms with Crippen LogP contribution in [0.2, 0.25) is 0 Å². The van der Waals surface area contributed by atoms with Crippen molar-refractivity contribution in [2.45, 2.75) is 26.1 Å². The van der Waals surface area contributed by atoms with Gasteiger partial charge in [0.2, 0.25) is 0 Å². The molecule has 0 aromatic heterocycles. The molecule has 2 amide bonds. The van der Waals surface area contributed by atoms with Crippen LogP contribution >= 0.6 is 0 Å². The van der Waals surface area contributed by atoms with Crippen LogP contribution in [0.3, 0.4) is 0 Å². The van der Waals surface area contributed by atoms with Gasteiger partial charge >= 0.3 is 12.2 Å². The first-order valence-corrected chi connectivity index (χ1v) is 7.29. The molecule has 0 aliphatic heterocycles. The second kappa shape index (κ2) is 7.33. The number of halogens is 4. The fourth-order valence-electron chi connectivity index (χ4n) is 2.04. The average molecular weight is 340 g/mol. The molecule has 0 aliphatic rings. The van der Waals surface area contributed by atoms with Gasteiger partial charge in [0.15, 0.2) is 0 Å². The summed E-state index contributed by atoms with van der Waals surface area (Å²) >= 11 is 0. The fourth-order valence-corrected chi connectivity index (χ4v) is 2.04. The monoisotopic (exact) mass is 340 g/mol. The summed E-state index contributed by atoms with van der Waals surface area (Å²) < 4.78 is 51.1. The maximum absolute atomic E-state index is 13.7. The van der Waals surface area contributed by atoms with E-state index < -0.39 is 23.6 Å². The van der Waals surface area contributed by atoms with Gasteiger partial charge in [0.1, 0.15) is 5.82 Å². The molecule has 2 aromatic carbocycles. The van der Waals surface area contributed by atoms with Crippen LogP contribution in [0.5, 0.6) is 0 Å². The zero-order chi connectivity index (χ0) is 17.7. The molecule has 0 atom stereocenters. The normalized spacial score (nSPS) is 11.2. The lowest BCUT2D eigenvalue weighted by atomic mass is 10.1. The lowest BCUT2D eigenvalue weighted by Gasteiger charge is -2.11. The summed E-state index contributed by atoms with van der Waals surface area (Å²) in [7, 11) is 0. The molecule has 0 fully saturated rings. The highest BCUT2D eigenvalue weighted by Crippen LogP contribution is 2.30. The Hall–Kier alpha value is -2.57. The number of rotatable bonds is 4. The van der Waals surface area contributed by atoms with E-state index in [1.54, 1.807) is 12.1 Å². The number of nitrogens with one attached hydrogen (secondary N) is 2. The summed E-state index contributed by atoms with van der Waals surface area (Å²) in [4.78, 5) is 11.8. The number of hydrogen-bond donors (Lipinski definition) is 2. The first kappa shape index (κ1) is 17.8. The smallest absolute Gasteiger partial charge is 0.334 e. The summed E-state index contributed by atoms with van der Waals surface area (Å²) in [5.41, 5.74) is 0.592. The van der Waals surface area contributed by atoms with Crippen LogP contribution in [-0.4, -0.2) is 6.03 Å². The van der Waals surface area contributed by atoms with Crippen molar-refractivity contribution in [1.29, 1.82) is 0 Å². The third kappa shape index (κ3) is 4.71. The van der Waals surface area contributed by atoms with Gasteiger partial charge in [-0.15, -0.1) is 0 Å². The van der Waals surface area contributed by atoms with Crippen LogP contribution in [0.1, 0.15) is 23.6 Å². The zero-order valence-electron chi connectivity index (χ0n) is 12.9. The molecule has 0 aliphatic carbocycles. The molecule has 7 heteroatoms. The molecule has 2 rings (SSSR count). The van der Waals surface area contributed by atoms with Crippen LogP contribution in [0.25, 0.3) is 0 Å². The Morgan fingerprint density at radius 3 is 2.29 bits per heavy atom. The van der Waals surface area contributed by atoms with E-state index >= 15 is 0 Å². The van der Waals surface area contributed by atoms with Gasteiger partial charge in [0, 0.05) is 17.8 Å². The van der Waals surface area contributed by atoms with E-state index in [9.17, 15) is 22.4 Å². The molecule has 0 saturated heterocycles. The quantitative estimate of drug-likeness (QED) is 0.776. The van der Waals surface area contributed by atoms with Gasteiger partial charge in [0.05, 0.1) is 5.56 Å². The molecule has 0 spiro atoms. The van der Waals surface area contributed by atoms with E-state index in [0.717, 1.165) is 24.1 Å². The van der Waals surface area contributed by atoms with Crippen molar-refractivity contribution in [3.8, 4) is 0 Å². The van der Waals surface area contributed by atoms with Gasteiger partial charge in [-0.2, -0.15) is 13.2 Å². The molecule has 2 aromatic rings. The molecule has 0 radical (unpaired) electrons.